The van der Waals surface area contributed by atoms with Crippen molar-refractivity contribution in [2.24, 2.45) is 5.10 Å². The number of hydrogen-bond donors (Lipinski definition) is 1. The zero-order valence-electron chi connectivity index (χ0n) is 16.3. The van der Waals surface area contributed by atoms with E-state index < -0.39 is 0 Å². The lowest BCUT2D eigenvalue weighted by Gasteiger charge is -2.07. The molecule has 0 saturated carbocycles. The van der Waals surface area contributed by atoms with Crippen LogP contribution in [0.4, 0.5) is 0 Å². The molecule has 1 N–H and O–H groups in total. The van der Waals surface area contributed by atoms with Crippen molar-refractivity contribution in [3.05, 3.63) is 107 Å². The van der Waals surface area contributed by atoms with Gasteiger partial charge in [-0.2, -0.15) is 10.2 Å². The number of aromatic nitrogens is 2. The normalized spacial score (nSPS) is 11.0. The van der Waals surface area contributed by atoms with Crippen LogP contribution in [0.25, 0.3) is 16.9 Å². The van der Waals surface area contributed by atoms with Crippen LogP contribution in [0.2, 0.25) is 5.02 Å². The number of amides is 1. The van der Waals surface area contributed by atoms with Gasteiger partial charge in [0.25, 0.3) is 5.91 Å². The van der Waals surface area contributed by atoms with Crippen LogP contribution in [0.3, 0.4) is 0 Å². The van der Waals surface area contributed by atoms with E-state index in [4.69, 9.17) is 11.6 Å². The Labute approximate surface area is 179 Å². The summed E-state index contributed by atoms with van der Waals surface area (Å²) in [5.41, 5.74) is 7.48. The zero-order chi connectivity index (χ0) is 20.9. The molecule has 0 aliphatic heterocycles. The number of rotatable bonds is 5. The highest BCUT2D eigenvalue weighted by molar-refractivity contribution is 6.30. The first kappa shape index (κ1) is 19.6. The number of hydrazone groups is 1. The second-order valence-electron chi connectivity index (χ2n) is 6.78. The quantitative estimate of drug-likeness (QED) is 0.357. The molecular weight excluding hydrogens is 396 g/mol. The summed E-state index contributed by atoms with van der Waals surface area (Å²) in [6, 6.07) is 26.8. The molecule has 0 unspecified atom stereocenters. The SMILES string of the molecule is Cc1ccc(-c2cc(C(=O)N/N=C\c3ccc(Cl)cc3)nn2-c2ccccc2)cc1. The molecular formula is C24H19ClN4O. The molecule has 0 bridgehead atoms. The van der Waals surface area contributed by atoms with Gasteiger partial charge in [-0.05, 0) is 42.8 Å². The van der Waals surface area contributed by atoms with E-state index in [1.807, 2.05) is 73.7 Å². The molecule has 5 nitrogen and oxygen atoms in total. The van der Waals surface area contributed by atoms with E-state index in [-0.39, 0.29) is 11.6 Å². The maximum atomic E-state index is 12.6. The molecule has 3 aromatic carbocycles. The first-order valence-electron chi connectivity index (χ1n) is 9.42. The minimum absolute atomic E-state index is 0.280. The Morgan fingerprint density at radius 3 is 2.40 bits per heavy atom. The maximum absolute atomic E-state index is 12.6. The summed E-state index contributed by atoms with van der Waals surface area (Å²) in [7, 11) is 0. The Bertz CT molecular complexity index is 1180. The fourth-order valence-electron chi connectivity index (χ4n) is 2.96. The van der Waals surface area contributed by atoms with Gasteiger partial charge in [-0.15, -0.1) is 0 Å². The van der Waals surface area contributed by atoms with Crippen molar-refractivity contribution in [1.29, 1.82) is 0 Å². The molecule has 0 aliphatic carbocycles. The van der Waals surface area contributed by atoms with Crippen molar-refractivity contribution in [2.45, 2.75) is 6.92 Å². The summed E-state index contributed by atoms with van der Waals surface area (Å²) in [5.74, 6) is -0.386. The molecule has 4 aromatic rings. The van der Waals surface area contributed by atoms with Crippen molar-refractivity contribution in [3.63, 3.8) is 0 Å². The summed E-state index contributed by atoms with van der Waals surface area (Å²) in [6.07, 6.45) is 1.56. The molecule has 0 saturated heterocycles. The Kier molecular flexibility index (Phi) is 5.72. The van der Waals surface area contributed by atoms with E-state index in [2.05, 4.69) is 15.6 Å². The molecule has 1 aromatic heterocycles. The van der Waals surface area contributed by atoms with Crippen molar-refractivity contribution in [3.8, 4) is 16.9 Å². The van der Waals surface area contributed by atoms with Gasteiger partial charge in [0.2, 0.25) is 0 Å². The van der Waals surface area contributed by atoms with Crippen LogP contribution in [-0.4, -0.2) is 21.9 Å². The summed E-state index contributed by atoms with van der Waals surface area (Å²) >= 11 is 5.88. The second-order valence-corrected chi connectivity index (χ2v) is 7.22. The Morgan fingerprint density at radius 2 is 1.70 bits per heavy atom. The maximum Gasteiger partial charge on any atom is 0.291 e. The number of halogens is 1. The molecule has 30 heavy (non-hydrogen) atoms. The van der Waals surface area contributed by atoms with Gasteiger partial charge in [0, 0.05) is 10.6 Å². The first-order chi connectivity index (χ1) is 14.6. The van der Waals surface area contributed by atoms with Gasteiger partial charge in [0.1, 0.15) is 0 Å². The topological polar surface area (TPSA) is 59.3 Å². The number of carbonyl (C=O) groups excluding carboxylic acids is 1. The van der Waals surface area contributed by atoms with Gasteiger partial charge in [-0.1, -0.05) is 71.8 Å². The number of aryl methyl sites for hydroxylation is 1. The van der Waals surface area contributed by atoms with Crippen molar-refractivity contribution in [2.75, 3.05) is 0 Å². The molecule has 4 rings (SSSR count). The van der Waals surface area contributed by atoms with E-state index in [0.717, 1.165) is 22.5 Å². The standard InChI is InChI=1S/C24H19ClN4O/c1-17-7-11-19(12-8-17)23-15-22(28-29(23)21-5-3-2-4-6-21)24(30)27-26-16-18-9-13-20(25)14-10-18/h2-16H,1H3,(H,27,30)/b26-16-. The van der Waals surface area contributed by atoms with Crippen LogP contribution in [0.1, 0.15) is 21.6 Å². The molecule has 0 aliphatic rings. The average molecular weight is 415 g/mol. The van der Waals surface area contributed by atoms with Gasteiger partial charge < -0.3 is 0 Å². The average Bonchev–Trinajstić information content (AvgIpc) is 3.22. The van der Waals surface area contributed by atoms with E-state index in [0.29, 0.717) is 5.02 Å². The molecule has 0 fully saturated rings. The lowest BCUT2D eigenvalue weighted by atomic mass is 10.1. The zero-order valence-corrected chi connectivity index (χ0v) is 17.0. The second kappa shape index (κ2) is 8.76. The highest BCUT2D eigenvalue weighted by atomic mass is 35.5. The first-order valence-corrected chi connectivity index (χ1v) is 9.79. The van der Waals surface area contributed by atoms with Gasteiger partial charge in [-0.3, -0.25) is 4.79 Å². The summed E-state index contributed by atoms with van der Waals surface area (Å²) < 4.78 is 1.77. The number of para-hydroxylation sites is 1. The van der Waals surface area contributed by atoms with E-state index in [9.17, 15) is 4.79 Å². The van der Waals surface area contributed by atoms with Gasteiger partial charge in [-0.25, -0.2) is 10.1 Å². The molecule has 1 heterocycles. The highest BCUT2D eigenvalue weighted by Crippen LogP contribution is 2.24. The Morgan fingerprint density at radius 1 is 1.00 bits per heavy atom. The molecule has 148 valence electrons. The van der Waals surface area contributed by atoms with Crippen molar-refractivity contribution in [1.82, 2.24) is 15.2 Å². The third kappa shape index (κ3) is 4.47. The van der Waals surface area contributed by atoms with Gasteiger partial charge in [0.15, 0.2) is 5.69 Å². The van der Waals surface area contributed by atoms with Crippen LogP contribution >= 0.6 is 11.6 Å². The fourth-order valence-corrected chi connectivity index (χ4v) is 3.09. The monoisotopic (exact) mass is 414 g/mol. The van der Waals surface area contributed by atoms with E-state index in [1.165, 1.54) is 5.56 Å². The van der Waals surface area contributed by atoms with Gasteiger partial charge in [0.05, 0.1) is 17.6 Å². The fraction of sp³-hybridized carbons (Fsp3) is 0.0417. The predicted octanol–water partition coefficient (Wildman–Crippen LogP) is 5.27. The number of hydrogen-bond acceptors (Lipinski definition) is 3. The van der Waals surface area contributed by atoms with Crippen LogP contribution in [0.5, 0.6) is 0 Å². The Balaban J connectivity index is 1.62. The molecule has 0 atom stereocenters. The number of benzene rings is 3. The Hall–Kier alpha value is -3.70. The van der Waals surface area contributed by atoms with E-state index >= 15 is 0 Å². The predicted molar refractivity (Wildman–Crippen MR) is 120 cm³/mol. The van der Waals surface area contributed by atoms with E-state index in [1.54, 1.807) is 29.1 Å². The lowest BCUT2D eigenvalue weighted by Crippen LogP contribution is -2.18. The minimum atomic E-state index is -0.386. The number of carbonyl (C=O) groups is 1. The summed E-state index contributed by atoms with van der Waals surface area (Å²) in [6.45, 7) is 2.04. The number of nitrogens with zero attached hydrogens (tertiary/aromatic N) is 3. The van der Waals surface area contributed by atoms with Crippen LogP contribution in [-0.2, 0) is 0 Å². The molecule has 1 amide bonds. The molecule has 0 radical (unpaired) electrons. The van der Waals surface area contributed by atoms with Crippen LogP contribution in [0, 0.1) is 6.92 Å². The minimum Gasteiger partial charge on any atom is -0.265 e. The lowest BCUT2D eigenvalue weighted by molar-refractivity contribution is 0.0949. The third-order valence-electron chi connectivity index (χ3n) is 4.54. The van der Waals surface area contributed by atoms with Crippen LogP contribution < -0.4 is 5.43 Å². The van der Waals surface area contributed by atoms with Crippen LogP contribution in [0.15, 0.2) is 90.0 Å². The smallest absolute Gasteiger partial charge is 0.265 e. The van der Waals surface area contributed by atoms with Crippen molar-refractivity contribution < 1.29 is 4.79 Å². The largest absolute Gasteiger partial charge is 0.291 e. The van der Waals surface area contributed by atoms with Crippen molar-refractivity contribution >= 4 is 23.7 Å². The molecule has 6 heteroatoms. The highest BCUT2D eigenvalue weighted by Gasteiger charge is 2.16. The van der Waals surface area contributed by atoms with Gasteiger partial charge >= 0.3 is 0 Å². The molecule has 0 spiro atoms. The summed E-state index contributed by atoms with van der Waals surface area (Å²) in [5, 5.41) is 9.20. The third-order valence-corrected chi connectivity index (χ3v) is 4.79. The summed E-state index contributed by atoms with van der Waals surface area (Å²) in [4.78, 5) is 12.6. The number of nitrogens with one attached hydrogen (secondary N) is 1.